The number of amides is 2. The van der Waals surface area contributed by atoms with Crippen molar-refractivity contribution in [1.82, 2.24) is 10.6 Å². The molecule has 2 aliphatic carbocycles. The third-order valence-corrected chi connectivity index (χ3v) is 6.69. The SMILES string of the molecule is CC(C)NC(=O)CC1CCCC(C(C)(C)NC(=O)CCC2CCCCC2)C1. The van der Waals surface area contributed by atoms with Gasteiger partial charge in [-0.25, -0.2) is 0 Å². The van der Waals surface area contributed by atoms with Gasteiger partial charge in [-0.15, -0.1) is 0 Å². The van der Waals surface area contributed by atoms with Crippen LogP contribution in [0.1, 0.15) is 105 Å². The van der Waals surface area contributed by atoms with E-state index in [-0.39, 0.29) is 23.4 Å². The molecular formula is C23H42N2O2. The van der Waals surface area contributed by atoms with Crippen LogP contribution in [0, 0.1) is 17.8 Å². The van der Waals surface area contributed by atoms with Crippen molar-refractivity contribution in [3.8, 4) is 0 Å². The van der Waals surface area contributed by atoms with Gasteiger partial charge >= 0.3 is 0 Å². The van der Waals surface area contributed by atoms with E-state index in [1.165, 1.54) is 32.1 Å². The van der Waals surface area contributed by atoms with E-state index in [1.807, 2.05) is 13.8 Å². The summed E-state index contributed by atoms with van der Waals surface area (Å²) in [6.07, 6.45) is 13.5. The lowest BCUT2D eigenvalue weighted by Gasteiger charge is -2.40. The highest BCUT2D eigenvalue weighted by atomic mass is 16.2. The van der Waals surface area contributed by atoms with Crippen LogP contribution in [0.2, 0.25) is 0 Å². The molecule has 2 rings (SSSR count). The Hall–Kier alpha value is -1.06. The maximum absolute atomic E-state index is 12.5. The Morgan fingerprint density at radius 2 is 1.59 bits per heavy atom. The fourth-order valence-electron chi connectivity index (χ4n) is 5.11. The van der Waals surface area contributed by atoms with Gasteiger partial charge in [0.25, 0.3) is 0 Å². The summed E-state index contributed by atoms with van der Waals surface area (Å²) in [7, 11) is 0. The van der Waals surface area contributed by atoms with Gasteiger partial charge in [-0.2, -0.15) is 0 Å². The van der Waals surface area contributed by atoms with Crippen LogP contribution in [0.5, 0.6) is 0 Å². The lowest BCUT2D eigenvalue weighted by molar-refractivity contribution is -0.125. The second-order valence-electron chi connectivity index (χ2n) is 9.97. The molecule has 2 saturated carbocycles. The third-order valence-electron chi connectivity index (χ3n) is 6.69. The molecule has 4 nitrogen and oxygen atoms in total. The first-order chi connectivity index (χ1) is 12.8. The molecule has 0 heterocycles. The van der Waals surface area contributed by atoms with Gasteiger partial charge in [-0.1, -0.05) is 38.5 Å². The molecule has 2 fully saturated rings. The van der Waals surface area contributed by atoms with Crippen molar-refractivity contribution in [2.24, 2.45) is 17.8 Å². The van der Waals surface area contributed by atoms with Crippen molar-refractivity contribution in [1.29, 1.82) is 0 Å². The van der Waals surface area contributed by atoms with E-state index in [2.05, 4.69) is 24.5 Å². The van der Waals surface area contributed by atoms with Gasteiger partial charge in [0, 0.05) is 24.4 Å². The van der Waals surface area contributed by atoms with E-state index >= 15 is 0 Å². The first-order valence-electron chi connectivity index (χ1n) is 11.4. The van der Waals surface area contributed by atoms with Crippen molar-refractivity contribution in [2.75, 3.05) is 0 Å². The van der Waals surface area contributed by atoms with Gasteiger partial charge in [-0.3, -0.25) is 9.59 Å². The fraction of sp³-hybridized carbons (Fsp3) is 0.913. The Morgan fingerprint density at radius 1 is 0.926 bits per heavy atom. The van der Waals surface area contributed by atoms with Gasteiger partial charge in [0.05, 0.1) is 0 Å². The Bertz CT molecular complexity index is 481. The fourth-order valence-corrected chi connectivity index (χ4v) is 5.11. The number of nitrogens with one attached hydrogen (secondary N) is 2. The average molecular weight is 379 g/mol. The molecule has 0 bridgehead atoms. The van der Waals surface area contributed by atoms with Crippen molar-refractivity contribution in [2.45, 2.75) is 116 Å². The van der Waals surface area contributed by atoms with Gasteiger partial charge in [0.15, 0.2) is 0 Å². The largest absolute Gasteiger partial charge is 0.354 e. The standard InChI is InChI=1S/C23H42N2O2/c1-17(2)24-22(27)16-19-11-8-12-20(15-19)23(3,4)25-21(26)14-13-18-9-6-5-7-10-18/h17-20H,5-16H2,1-4H3,(H,24,27)(H,25,26). The highest BCUT2D eigenvalue weighted by molar-refractivity contribution is 5.77. The molecule has 0 spiro atoms. The molecule has 0 aromatic heterocycles. The smallest absolute Gasteiger partial charge is 0.220 e. The molecule has 0 aliphatic heterocycles. The van der Waals surface area contributed by atoms with Crippen molar-refractivity contribution in [3.63, 3.8) is 0 Å². The minimum Gasteiger partial charge on any atom is -0.354 e. The number of carbonyl (C=O) groups excluding carboxylic acids is 2. The summed E-state index contributed by atoms with van der Waals surface area (Å²) in [6, 6.07) is 0.205. The Kier molecular flexibility index (Phi) is 8.62. The Balaban J connectivity index is 1.77. The maximum atomic E-state index is 12.5. The molecule has 2 unspecified atom stereocenters. The first kappa shape index (κ1) is 22.2. The van der Waals surface area contributed by atoms with Gasteiger partial charge in [-0.05, 0) is 71.1 Å². The topological polar surface area (TPSA) is 58.2 Å². The predicted octanol–water partition coefficient (Wildman–Crippen LogP) is 4.96. The molecule has 2 aliphatic rings. The molecular weight excluding hydrogens is 336 g/mol. The van der Waals surface area contributed by atoms with E-state index in [0.717, 1.165) is 38.0 Å². The zero-order valence-electron chi connectivity index (χ0n) is 18.1. The highest BCUT2D eigenvalue weighted by Crippen LogP contribution is 2.37. The van der Waals surface area contributed by atoms with Crippen LogP contribution in [0.25, 0.3) is 0 Å². The van der Waals surface area contributed by atoms with E-state index in [9.17, 15) is 9.59 Å². The molecule has 4 heteroatoms. The zero-order chi connectivity index (χ0) is 19.9. The van der Waals surface area contributed by atoms with Crippen LogP contribution >= 0.6 is 0 Å². The number of rotatable bonds is 8. The van der Waals surface area contributed by atoms with Gasteiger partial charge < -0.3 is 10.6 Å². The summed E-state index contributed by atoms with van der Waals surface area (Å²) >= 11 is 0. The second-order valence-corrected chi connectivity index (χ2v) is 9.97. The first-order valence-corrected chi connectivity index (χ1v) is 11.4. The van der Waals surface area contributed by atoms with Crippen molar-refractivity contribution in [3.05, 3.63) is 0 Å². The van der Waals surface area contributed by atoms with E-state index in [4.69, 9.17) is 0 Å². The normalized spacial score (nSPS) is 24.6. The van der Waals surface area contributed by atoms with Crippen LogP contribution in [-0.2, 0) is 9.59 Å². The molecule has 156 valence electrons. The van der Waals surface area contributed by atoms with Gasteiger partial charge in [0.2, 0.25) is 11.8 Å². The molecule has 2 N–H and O–H groups in total. The van der Waals surface area contributed by atoms with Crippen LogP contribution in [0.4, 0.5) is 0 Å². The third kappa shape index (κ3) is 7.83. The molecule has 0 saturated heterocycles. The summed E-state index contributed by atoms with van der Waals surface area (Å²) in [4.78, 5) is 24.7. The van der Waals surface area contributed by atoms with Crippen LogP contribution in [-0.4, -0.2) is 23.4 Å². The van der Waals surface area contributed by atoms with E-state index < -0.39 is 0 Å². The van der Waals surface area contributed by atoms with Crippen molar-refractivity contribution < 1.29 is 9.59 Å². The zero-order valence-corrected chi connectivity index (χ0v) is 18.1. The monoisotopic (exact) mass is 378 g/mol. The molecule has 0 radical (unpaired) electrons. The minimum atomic E-state index is -0.184. The molecule has 27 heavy (non-hydrogen) atoms. The van der Waals surface area contributed by atoms with Crippen LogP contribution < -0.4 is 10.6 Å². The Morgan fingerprint density at radius 3 is 2.26 bits per heavy atom. The predicted molar refractivity (Wildman–Crippen MR) is 111 cm³/mol. The summed E-state index contributed by atoms with van der Waals surface area (Å²) in [6.45, 7) is 8.36. The highest BCUT2D eigenvalue weighted by Gasteiger charge is 2.35. The molecule has 2 amide bonds. The van der Waals surface area contributed by atoms with E-state index in [1.54, 1.807) is 0 Å². The lowest BCUT2D eigenvalue weighted by Crippen LogP contribution is -2.50. The summed E-state index contributed by atoms with van der Waals surface area (Å²) in [5.74, 6) is 2.05. The van der Waals surface area contributed by atoms with E-state index in [0.29, 0.717) is 24.7 Å². The van der Waals surface area contributed by atoms with Crippen molar-refractivity contribution >= 4 is 11.8 Å². The quantitative estimate of drug-likeness (QED) is 0.627. The Labute approximate surface area is 166 Å². The van der Waals surface area contributed by atoms with Crippen LogP contribution in [0.15, 0.2) is 0 Å². The second kappa shape index (κ2) is 10.5. The number of hydrogen-bond donors (Lipinski definition) is 2. The number of hydrogen-bond acceptors (Lipinski definition) is 2. The van der Waals surface area contributed by atoms with Gasteiger partial charge in [0.1, 0.15) is 0 Å². The average Bonchev–Trinajstić information content (AvgIpc) is 2.60. The summed E-state index contributed by atoms with van der Waals surface area (Å²) in [5.41, 5.74) is -0.184. The maximum Gasteiger partial charge on any atom is 0.220 e. The molecule has 0 aromatic rings. The minimum absolute atomic E-state index is 0.171. The summed E-state index contributed by atoms with van der Waals surface area (Å²) in [5, 5.41) is 6.35. The molecule has 2 atom stereocenters. The summed E-state index contributed by atoms with van der Waals surface area (Å²) < 4.78 is 0. The number of carbonyl (C=O) groups is 2. The lowest BCUT2D eigenvalue weighted by atomic mass is 9.71. The van der Waals surface area contributed by atoms with Crippen LogP contribution in [0.3, 0.4) is 0 Å². The molecule has 0 aromatic carbocycles.